The standard InChI is InChI=1S/C8H12FN/c1-4-5-8(3)10-6-7(2)9/h4-6H,1-3H3/b5-4-,7-6+,10-8-. The third-order valence-corrected chi connectivity index (χ3v) is 0.854. The fourth-order valence-electron chi connectivity index (χ4n) is 0.475. The van der Waals surface area contributed by atoms with Gasteiger partial charge in [0.2, 0.25) is 0 Å². The van der Waals surface area contributed by atoms with Gasteiger partial charge >= 0.3 is 0 Å². The first kappa shape index (κ1) is 9.08. The summed E-state index contributed by atoms with van der Waals surface area (Å²) in [6, 6.07) is 0. The van der Waals surface area contributed by atoms with Gasteiger partial charge in [-0.1, -0.05) is 6.08 Å². The van der Waals surface area contributed by atoms with Crippen molar-refractivity contribution < 1.29 is 4.39 Å². The Kier molecular flexibility index (Phi) is 4.46. The highest BCUT2D eigenvalue weighted by Crippen LogP contribution is 1.93. The third kappa shape index (κ3) is 5.22. The Bertz CT molecular complexity index is 174. The van der Waals surface area contributed by atoms with Crippen molar-refractivity contribution in [3.05, 3.63) is 24.2 Å². The Labute approximate surface area is 61.0 Å². The molecule has 0 unspecified atom stereocenters. The zero-order valence-electron chi connectivity index (χ0n) is 6.56. The van der Waals surface area contributed by atoms with Gasteiger partial charge in [-0.3, -0.25) is 4.99 Å². The van der Waals surface area contributed by atoms with E-state index in [1.165, 1.54) is 13.1 Å². The first-order chi connectivity index (χ1) is 4.66. The summed E-state index contributed by atoms with van der Waals surface area (Å²) in [5.41, 5.74) is 0.805. The molecule has 0 aliphatic heterocycles. The molecule has 0 amide bonds. The molecule has 0 aliphatic rings. The zero-order chi connectivity index (χ0) is 7.98. The fraction of sp³-hybridized carbons (Fsp3) is 0.375. The number of allylic oxidation sites excluding steroid dienone is 3. The smallest absolute Gasteiger partial charge is 0.115 e. The van der Waals surface area contributed by atoms with Crippen LogP contribution in [0.25, 0.3) is 0 Å². The topological polar surface area (TPSA) is 12.4 Å². The van der Waals surface area contributed by atoms with Crippen LogP contribution in [-0.4, -0.2) is 5.71 Å². The minimum absolute atomic E-state index is 0.274. The SMILES string of the molecule is C\C=C/C(C)=N\C=C(/C)F. The second kappa shape index (κ2) is 4.91. The van der Waals surface area contributed by atoms with E-state index in [1.807, 2.05) is 26.0 Å². The lowest BCUT2D eigenvalue weighted by Gasteiger charge is -1.85. The number of hydrogen-bond donors (Lipinski definition) is 0. The zero-order valence-corrected chi connectivity index (χ0v) is 6.56. The van der Waals surface area contributed by atoms with Gasteiger partial charge in [-0.05, 0) is 26.8 Å². The average molecular weight is 141 g/mol. The Morgan fingerprint density at radius 1 is 1.40 bits per heavy atom. The van der Waals surface area contributed by atoms with Crippen LogP contribution in [0.5, 0.6) is 0 Å². The number of hydrogen-bond acceptors (Lipinski definition) is 1. The summed E-state index contributed by atoms with van der Waals surface area (Å²) >= 11 is 0. The van der Waals surface area contributed by atoms with Crippen LogP contribution in [-0.2, 0) is 0 Å². The van der Waals surface area contributed by atoms with E-state index >= 15 is 0 Å². The van der Waals surface area contributed by atoms with E-state index < -0.39 is 0 Å². The van der Waals surface area contributed by atoms with Crippen molar-refractivity contribution in [2.24, 2.45) is 4.99 Å². The van der Waals surface area contributed by atoms with Gasteiger partial charge in [0.1, 0.15) is 5.83 Å². The van der Waals surface area contributed by atoms with Crippen molar-refractivity contribution in [1.82, 2.24) is 0 Å². The summed E-state index contributed by atoms with van der Waals surface area (Å²) in [6.07, 6.45) is 4.88. The maximum Gasteiger partial charge on any atom is 0.115 e. The second-order valence-electron chi connectivity index (χ2n) is 1.99. The van der Waals surface area contributed by atoms with Gasteiger partial charge in [0.15, 0.2) is 0 Å². The van der Waals surface area contributed by atoms with E-state index in [0.29, 0.717) is 0 Å². The van der Waals surface area contributed by atoms with E-state index in [4.69, 9.17) is 0 Å². The monoisotopic (exact) mass is 141 g/mol. The Balaban J connectivity index is 4.05. The van der Waals surface area contributed by atoms with E-state index in [2.05, 4.69) is 4.99 Å². The molecule has 2 heteroatoms. The lowest BCUT2D eigenvalue weighted by molar-refractivity contribution is 0.637. The van der Waals surface area contributed by atoms with Crippen LogP contribution in [0, 0.1) is 0 Å². The lowest BCUT2D eigenvalue weighted by atomic mass is 10.4. The highest BCUT2D eigenvalue weighted by atomic mass is 19.1. The molecule has 10 heavy (non-hydrogen) atoms. The van der Waals surface area contributed by atoms with Gasteiger partial charge in [0, 0.05) is 5.71 Å². The first-order valence-electron chi connectivity index (χ1n) is 3.16. The van der Waals surface area contributed by atoms with Gasteiger partial charge in [-0.25, -0.2) is 4.39 Å². The van der Waals surface area contributed by atoms with Crippen molar-refractivity contribution in [3.63, 3.8) is 0 Å². The van der Waals surface area contributed by atoms with Crippen LogP contribution in [0.3, 0.4) is 0 Å². The van der Waals surface area contributed by atoms with Gasteiger partial charge in [-0.2, -0.15) is 0 Å². The van der Waals surface area contributed by atoms with Crippen molar-refractivity contribution in [3.8, 4) is 0 Å². The first-order valence-corrected chi connectivity index (χ1v) is 3.16. The number of aliphatic imine (C=N–C) groups is 1. The predicted octanol–water partition coefficient (Wildman–Crippen LogP) is 2.85. The maximum absolute atomic E-state index is 12.0. The molecular formula is C8H12FN. The van der Waals surface area contributed by atoms with E-state index in [1.54, 1.807) is 0 Å². The highest BCUT2D eigenvalue weighted by molar-refractivity contribution is 5.93. The number of nitrogens with zero attached hydrogens (tertiary/aromatic N) is 1. The quantitative estimate of drug-likeness (QED) is 0.524. The Morgan fingerprint density at radius 2 is 2.00 bits per heavy atom. The normalized spacial score (nSPS) is 14.8. The summed E-state index contributed by atoms with van der Waals surface area (Å²) in [5, 5.41) is 0. The molecule has 0 N–H and O–H groups in total. The summed E-state index contributed by atoms with van der Waals surface area (Å²) in [6.45, 7) is 5.08. The molecule has 0 fully saturated rings. The molecule has 0 heterocycles. The van der Waals surface area contributed by atoms with Crippen molar-refractivity contribution in [2.75, 3.05) is 0 Å². The summed E-state index contributed by atoms with van der Waals surface area (Å²) in [4.78, 5) is 3.81. The Hall–Kier alpha value is -0.920. The van der Waals surface area contributed by atoms with E-state index in [-0.39, 0.29) is 5.83 Å². The van der Waals surface area contributed by atoms with Crippen LogP contribution >= 0.6 is 0 Å². The second-order valence-corrected chi connectivity index (χ2v) is 1.99. The third-order valence-electron chi connectivity index (χ3n) is 0.854. The molecule has 0 saturated heterocycles. The number of halogens is 1. The largest absolute Gasteiger partial charge is 0.259 e. The minimum atomic E-state index is -0.274. The van der Waals surface area contributed by atoms with Gasteiger partial charge in [0.25, 0.3) is 0 Å². The van der Waals surface area contributed by atoms with E-state index in [0.717, 1.165) is 5.71 Å². The highest BCUT2D eigenvalue weighted by Gasteiger charge is 1.80. The van der Waals surface area contributed by atoms with Crippen LogP contribution in [0.15, 0.2) is 29.2 Å². The van der Waals surface area contributed by atoms with Gasteiger partial charge < -0.3 is 0 Å². The lowest BCUT2D eigenvalue weighted by Crippen LogP contribution is -1.80. The molecule has 0 aliphatic carbocycles. The molecular weight excluding hydrogens is 129 g/mol. The average Bonchev–Trinajstić information content (AvgIpc) is 1.85. The molecule has 0 radical (unpaired) electrons. The van der Waals surface area contributed by atoms with Crippen molar-refractivity contribution in [1.29, 1.82) is 0 Å². The van der Waals surface area contributed by atoms with Crippen LogP contribution in [0.4, 0.5) is 4.39 Å². The van der Waals surface area contributed by atoms with Crippen LogP contribution < -0.4 is 0 Å². The molecule has 0 aromatic carbocycles. The summed E-state index contributed by atoms with van der Waals surface area (Å²) < 4.78 is 12.0. The maximum atomic E-state index is 12.0. The molecule has 0 rings (SSSR count). The van der Waals surface area contributed by atoms with Crippen molar-refractivity contribution >= 4 is 5.71 Å². The summed E-state index contributed by atoms with van der Waals surface area (Å²) in [5.74, 6) is -0.274. The molecule has 0 saturated carbocycles. The molecule has 0 bridgehead atoms. The molecule has 0 spiro atoms. The van der Waals surface area contributed by atoms with Gasteiger partial charge in [0.05, 0.1) is 6.20 Å². The van der Waals surface area contributed by atoms with Gasteiger partial charge in [-0.15, -0.1) is 0 Å². The molecule has 0 aromatic heterocycles. The minimum Gasteiger partial charge on any atom is -0.259 e. The van der Waals surface area contributed by atoms with E-state index in [9.17, 15) is 4.39 Å². The molecule has 0 atom stereocenters. The molecule has 1 nitrogen and oxygen atoms in total. The fourth-order valence-corrected chi connectivity index (χ4v) is 0.475. The molecule has 56 valence electrons. The van der Waals surface area contributed by atoms with Crippen LogP contribution in [0.2, 0.25) is 0 Å². The predicted molar refractivity (Wildman–Crippen MR) is 42.8 cm³/mol. The summed E-state index contributed by atoms with van der Waals surface area (Å²) in [7, 11) is 0. The molecule has 0 aromatic rings. The Morgan fingerprint density at radius 3 is 2.40 bits per heavy atom. The van der Waals surface area contributed by atoms with Crippen molar-refractivity contribution in [2.45, 2.75) is 20.8 Å². The van der Waals surface area contributed by atoms with Crippen LogP contribution in [0.1, 0.15) is 20.8 Å². The number of rotatable bonds is 2.